The Labute approximate surface area is 182 Å². The van der Waals surface area contributed by atoms with Crippen LogP contribution in [0, 0.1) is 0 Å². The first-order chi connectivity index (χ1) is 14.7. The number of thiocarbonyl (C=S) groups is 1. The second-order valence-electron chi connectivity index (χ2n) is 8.28. The molecule has 11 heteroatoms. The second-order valence-corrected chi connectivity index (χ2v) is 8.68. The van der Waals surface area contributed by atoms with Gasteiger partial charge in [0.15, 0.2) is 5.11 Å². The van der Waals surface area contributed by atoms with Crippen molar-refractivity contribution in [2.45, 2.75) is 81.6 Å². The molecule has 5 unspecified atom stereocenters. The van der Waals surface area contributed by atoms with Crippen molar-refractivity contribution in [1.29, 1.82) is 0 Å². The largest absolute Gasteiger partial charge is 0.449 e. The van der Waals surface area contributed by atoms with E-state index < -0.39 is 30.4 Å². The maximum atomic E-state index is 14.0. The van der Waals surface area contributed by atoms with E-state index in [1.165, 1.54) is 17.2 Å². The lowest BCUT2D eigenvalue weighted by Gasteiger charge is -2.32. The van der Waals surface area contributed by atoms with E-state index in [1.54, 1.807) is 6.07 Å². The Morgan fingerprint density at radius 3 is 2.58 bits per heavy atom. The molecule has 2 saturated carbocycles. The summed E-state index contributed by atoms with van der Waals surface area (Å²) >= 11 is 5.17. The van der Waals surface area contributed by atoms with Crippen molar-refractivity contribution in [3.8, 4) is 0 Å². The second kappa shape index (κ2) is 8.84. The molecule has 4 rings (SSSR count). The highest BCUT2D eigenvalue weighted by Crippen LogP contribution is 2.38. The Kier molecular flexibility index (Phi) is 6.32. The molecule has 2 N–H and O–H groups in total. The number of aliphatic imine (C=N–C) groups is 1. The predicted octanol–water partition coefficient (Wildman–Crippen LogP) is 4.69. The van der Waals surface area contributed by atoms with Crippen LogP contribution in [0.25, 0.3) is 0 Å². The van der Waals surface area contributed by atoms with Gasteiger partial charge in [0, 0.05) is 6.42 Å². The van der Waals surface area contributed by atoms with Gasteiger partial charge in [0.1, 0.15) is 18.2 Å². The van der Waals surface area contributed by atoms with Crippen LogP contribution < -0.4 is 15.5 Å². The Balaban J connectivity index is 1.44. The van der Waals surface area contributed by atoms with Crippen LogP contribution in [0.15, 0.2) is 23.3 Å². The van der Waals surface area contributed by atoms with Gasteiger partial charge >= 0.3 is 6.18 Å². The first kappa shape index (κ1) is 22.2. The van der Waals surface area contributed by atoms with Crippen molar-refractivity contribution >= 4 is 34.7 Å². The number of aromatic nitrogens is 1. The van der Waals surface area contributed by atoms with Gasteiger partial charge in [0.25, 0.3) is 0 Å². The number of fused-ring (bicyclic) bond motifs is 1. The Bertz CT molecular complexity index is 830. The topological polar surface area (TPSA) is 52.5 Å². The Morgan fingerprint density at radius 1 is 1.10 bits per heavy atom. The molecule has 3 aliphatic rings. The number of hydrogen-bond acceptors (Lipinski definition) is 4. The normalized spacial score (nSPS) is 31.1. The van der Waals surface area contributed by atoms with E-state index in [1.807, 2.05) is 0 Å². The zero-order valence-corrected chi connectivity index (χ0v) is 17.5. The number of halogens is 5. The fourth-order valence-corrected chi connectivity index (χ4v) is 4.85. The van der Waals surface area contributed by atoms with Gasteiger partial charge in [-0.05, 0) is 50.0 Å². The number of anilines is 2. The lowest BCUT2D eigenvalue weighted by atomic mass is 9.91. The highest BCUT2D eigenvalue weighted by molar-refractivity contribution is 7.80. The number of hydrogen-bond donors (Lipinski definition) is 2. The third kappa shape index (κ3) is 4.91. The van der Waals surface area contributed by atoms with E-state index in [0.29, 0.717) is 18.5 Å². The molecule has 0 aromatic carbocycles. The van der Waals surface area contributed by atoms with Gasteiger partial charge in [-0.25, -0.2) is 13.8 Å². The van der Waals surface area contributed by atoms with Crippen LogP contribution in [0.5, 0.6) is 0 Å². The molecular weight excluding hydrogens is 437 g/mol. The van der Waals surface area contributed by atoms with Gasteiger partial charge < -0.3 is 15.5 Å². The molecule has 5 atom stereocenters. The minimum absolute atomic E-state index is 0.0389. The van der Waals surface area contributed by atoms with E-state index in [-0.39, 0.29) is 42.3 Å². The number of pyridine rings is 1. The van der Waals surface area contributed by atoms with Crippen molar-refractivity contribution in [3.05, 3.63) is 18.3 Å². The first-order valence-corrected chi connectivity index (χ1v) is 10.9. The lowest BCUT2D eigenvalue weighted by molar-refractivity contribution is -0.0599. The molecule has 0 radical (unpaired) electrons. The average molecular weight is 462 g/mol. The van der Waals surface area contributed by atoms with Crippen LogP contribution in [-0.2, 0) is 0 Å². The molecule has 1 aliphatic heterocycles. The summed E-state index contributed by atoms with van der Waals surface area (Å²) in [4.78, 5) is 9.35. The SMILES string of the molecule is FC1CCC(F)C(NC(=S)Nc2ccc(N3C(C(F)(F)F)=NC4CCCCC43)nc2)C1. The number of amidine groups is 1. The third-order valence-electron chi connectivity index (χ3n) is 6.07. The molecule has 0 saturated heterocycles. The van der Waals surface area contributed by atoms with Gasteiger partial charge in [-0.3, -0.25) is 4.99 Å². The smallest absolute Gasteiger partial charge is 0.357 e. The maximum absolute atomic E-state index is 14.0. The molecule has 0 bridgehead atoms. The van der Waals surface area contributed by atoms with Crippen molar-refractivity contribution in [2.24, 2.45) is 4.99 Å². The maximum Gasteiger partial charge on any atom is 0.449 e. The summed E-state index contributed by atoms with van der Waals surface area (Å²) < 4.78 is 68.2. The van der Waals surface area contributed by atoms with E-state index in [9.17, 15) is 22.0 Å². The van der Waals surface area contributed by atoms with Crippen LogP contribution in [0.4, 0.5) is 33.5 Å². The summed E-state index contributed by atoms with van der Waals surface area (Å²) in [6, 6.07) is 1.62. The lowest BCUT2D eigenvalue weighted by Crippen LogP contribution is -2.47. The van der Waals surface area contributed by atoms with Crippen LogP contribution >= 0.6 is 12.2 Å². The number of alkyl halides is 5. The van der Waals surface area contributed by atoms with Crippen LogP contribution in [-0.4, -0.2) is 52.6 Å². The molecule has 31 heavy (non-hydrogen) atoms. The molecule has 5 nitrogen and oxygen atoms in total. The third-order valence-corrected chi connectivity index (χ3v) is 6.29. The molecule has 1 aromatic heterocycles. The monoisotopic (exact) mass is 461 g/mol. The highest BCUT2D eigenvalue weighted by Gasteiger charge is 2.50. The standard InChI is InChI=1S/C20H24F5N5S/c21-11-5-7-13(22)15(9-11)29-19(31)27-12-6-8-17(26-10-12)30-16-4-2-1-3-14(16)28-18(30)20(23,24)25/h6,8,10-11,13-16H,1-5,7,9H2,(H2,27,29,31). The zero-order chi connectivity index (χ0) is 22.2. The van der Waals surface area contributed by atoms with Crippen molar-refractivity contribution in [2.75, 3.05) is 10.2 Å². The quantitative estimate of drug-likeness (QED) is 0.505. The van der Waals surface area contributed by atoms with Gasteiger partial charge in [-0.1, -0.05) is 12.8 Å². The summed E-state index contributed by atoms with van der Waals surface area (Å²) in [7, 11) is 0. The molecule has 1 aromatic rings. The summed E-state index contributed by atoms with van der Waals surface area (Å²) in [5.74, 6) is -0.729. The molecule has 0 spiro atoms. The van der Waals surface area contributed by atoms with E-state index in [0.717, 1.165) is 12.8 Å². The number of nitrogens with one attached hydrogen (secondary N) is 2. The molecule has 2 aliphatic carbocycles. The molecular formula is C20H24F5N5S. The molecule has 170 valence electrons. The van der Waals surface area contributed by atoms with E-state index >= 15 is 0 Å². The minimum Gasteiger partial charge on any atom is -0.357 e. The summed E-state index contributed by atoms with van der Waals surface area (Å²) in [5, 5.41) is 5.73. The minimum atomic E-state index is -4.56. The van der Waals surface area contributed by atoms with Gasteiger partial charge in [0.05, 0.1) is 30.0 Å². The average Bonchev–Trinajstić information content (AvgIpc) is 3.11. The summed E-state index contributed by atoms with van der Waals surface area (Å²) in [6.45, 7) is 0. The highest BCUT2D eigenvalue weighted by atomic mass is 32.1. The summed E-state index contributed by atoms with van der Waals surface area (Å²) in [5.41, 5.74) is 0.439. The molecule has 2 fully saturated rings. The zero-order valence-electron chi connectivity index (χ0n) is 16.7. The predicted molar refractivity (Wildman–Crippen MR) is 113 cm³/mol. The summed E-state index contributed by atoms with van der Waals surface area (Å²) in [6.07, 6.45) is -2.07. The van der Waals surface area contributed by atoms with Gasteiger partial charge in [-0.15, -0.1) is 0 Å². The number of rotatable bonds is 3. The van der Waals surface area contributed by atoms with E-state index in [2.05, 4.69) is 20.6 Å². The fourth-order valence-electron chi connectivity index (χ4n) is 4.58. The Morgan fingerprint density at radius 2 is 1.87 bits per heavy atom. The van der Waals surface area contributed by atoms with E-state index in [4.69, 9.17) is 12.2 Å². The van der Waals surface area contributed by atoms with Crippen LogP contribution in [0.1, 0.15) is 44.9 Å². The molecule has 0 amide bonds. The Hall–Kier alpha value is -2.04. The van der Waals surface area contributed by atoms with Crippen molar-refractivity contribution in [3.63, 3.8) is 0 Å². The fraction of sp³-hybridized carbons (Fsp3) is 0.650. The van der Waals surface area contributed by atoms with Gasteiger partial charge in [0.2, 0.25) is 5.84 Å². The van der Waals surface area contributed by atoms with Crippen molar-refractivity contribution in [1.82, 2.24) is 10.3 Å². The van der Waals surface area contributed by atoms with Crippen LogP contribution in [0.3, 0.4) is 0 Å². The van der Waals surface area contributed by atoms with Crippen molar-refractivity contribution < 1.29 is 22.0 Å². The van der Waals surface area contributed by atoms with Gasteiger partial charge in [-0.2, -0.15) is 13.2 Å². The van der Waals surface area contributed by atoms with Crippen LogP contribution in [0.2, 0.25) is 0 Å². The first-order valence-electron chi connectivity index (χ1n) is 10.5. The molecule has 2 heterocycles. The number of nitrogens with zero attached hydrogens (tertiary/aromatic N) is 3.